The second-order valence-electron chi connectivity index (χ2n) is 7.60. The molecule has 0 saturated heterocycles. The first-order valence-corrected chi connectivity index (χ1v) is 10.2. The summed E-state index contributed by atoms with van der Waals surface area (Å²) >= 11 is 0. The second-order valence-corrected chi connectivity index (χ2v) is 7.60. The minimum absolute atomic E-state index is 0.649. The van der Waals surface area contributed by atoms with E-state index in [2.05, 4.69) is 58.5 Å². The summed E-state index contributed by atoms with van der Waals surface area (Å²) in [7, 11) is 0. The Morgan fingerprint density at radius 1 is 0.690 bits per heavy atom. The van der Waals surface area contributed by atoms with E-state index in [-0.39, 0.29) is 0 Å². The molecule has 6 rings (SSSR count). The number of rotatable bonds is 0. The third-order valence-corrected chi connectivity index (χ3v) is 5.73. The van der Waals surface area contributed by atoms with E-state index in [1.807, 2.05) is 18.2 Å². The fraction of sp³-hybridized carbons (Fsp3) is 0.154. The molecule has 0 radical (unpaired) electrons. The van der Waals surface area contributed by atoms with Gasteiger partial charge >= 0.3 is 0 Å². The van der Waals surface area contributed by atoms with E-state index in [1.165, 1.54) is 47.2 Å². The van der Waals surface area contributed by atoms with Crippen LogP contribution in [0.1, 0.15) is 24.0 Å². The Bertz CT molecular complexity index is 1320. The summed E-state index contributed by atoms with van der Waals surface area (Å²) in [4.78, 5) is 8.19. The van der Waals surface area contributed by atoms with Gasteiger partial charge in [-0.1, -0.05) is 48.5 Å². The Labute approximate surface area is 170 Å². The SMILES string of the molecule is Nc1cnc2cccnc2c1.c1ccc2c(c1)ccc1c3c(ccc12)CCCC3. The number of nitrogen functional groups attached to an aromatic ring is 1. The highest BCUT2D eigenvalue weighted by molar-refractivity contribution is 6.08. The molecule has 3 aromatic carbocycles. The van der Waals surface area contributed by atoms with Gasteiger partial charge in [0.15, 0.2) is 0 Å². The number of pyridine rings is 2. The van der Waals surface area contributed by atoms with Gasteiger partial charge in [-0.3, -0.25) is 9.97 Å². The summed E-state index contributed by atoms with van der Waals surface area (Å²) in [5, 5.41) is 5.64. The van der Waals surface area contributed by atoms with Crippen LogP contribution in [-0.4, -0.2) is 9.97 Å². The average molecular weight is 377 g/mol. The molecule has 0 fully saturated rings. The van der Waals surface area contributed by atoms with E-state index in [0.29, 0.717) is 5.69 Å². The van der Waals surface area contributed by atoms with E-state index in [0.717, 1.165) is 11.0 Å². The summed E-state index contributed by atoms with van der Waals surface area (Å²) in [5.74, 6) is 0. The minimum atomic E-state index is 0.649. The van der Waals surface area contributed by atoms with Crippen LogP contribution in [0.25, 0.3) is 32.6 Å². The number of anilines is 1. The van der Waals surface area contributed by atoms with E-state index in [1.54, 1.807) is 23.5 Å². The number of fused-ring (bicyclic) bond motifs is 6. The normalized spacial score (nSPS) is 13.1. The lowest BCUT2D eigenvalue weighted by Crippen LogP contribution is -2.02. The molecule has 5 aromatic rings. The van der Waals surface area contributed by atoms with Gasteiger partial charge < -0.3 is 5.73 Å². The lowest BCUT2D eigenvalue weighted by Gasteiger charge is -2.18. The Kier molecular flexibility index (Phi) is 4.57. The topological polar surface area (TPSA) is 51.8 Å². The number of aryl methyl sites for hydroxylation is 2. The molecule has 29 heavy (non-hydrogen) atoms. The maximum atomic E-state index is 5.52. The van der Waals surface area contributed by atoms with Gasteiger partial charge in [-0.15, -0.1) is 0 Å². The van der Waals surface area contributed by atoms with Crippen molar-refractivity contribution in [3.05, 3.63) is 90.3 Å². The summed E-state index contributed by atoms with van der Waals surface area (Å²) in [6, 6.07) is 23.5. The van der Waals surface area contributed by atoms with Crippen LogP contribution in [0.15, 0.2) is 79.1 Å². The molecule has 3 nitrogen and oxygen atoms in total. The summed E-state index contributed by atoms with van der Waals surface area (Å²) in [6.45, 7) is 0. The molecule has 0 bridgehead atoms. The molecule has 0 unspecified atom stereocenters. The van der Waals surface area contributed by atoms with Crippen LogP contribution in [0, 0.1) is 0 Å². The van der Waals surface area contributed by atoms with Crippen molar-refractivity contribution in [2.24, 2.45) is 0 Å². The minimum Gasteiger partial charge on any atom is -0.397 e. The van der Waals surface area contributed by atoms with E-state index in [9.17, 15) is 0 Å². The van der Waals surface area contributed by atoms with Crippen molar-refractivity contribution in [1.82, 2.24) is 9.97 Å². The first-order chi connectivity index (χ1) is 14.3. The molecule has 2 N–H and O–H groups in total. The maximum absolute atomic E-state index is 5.52. The van der Waals surface area contributed by atoms with Crippen molar-refractivity contribution in [3.8, 4) is 0 Å². The van der Waals surface area contributed by atoms with Crippen LogP contribution in [0.5, 0.6) is 0 Å². The highest BCUT2D eigenvalue weighted by Gasteiger charge is 2.13. The van der Waals surface area contributed by atoms with Crippen molar-refractivity contribution < 1.29 is 0 Å². The Morgan fingerprint density at radius 2 is 1.55 bits per heavy atom. The molecule has 0 amide bonds. The van der Waals surface area contributed by atoms with E-state index >= 15 is 0 Å². The van der Waals surface area contributed by atoms with Gasteiger partial charge in [0.1, 0.15) is 0 Å². The van der Waals surface area contributed by atoms with Gasteiger partial charge in [-0.05, 0) is 76.6 Å². The van der Waals surface area contributed by atoms with Crippen LogP contribution in [0.3, 0.4) is 0 Å². The van der Waals surface area contributed by atoms with Crippen LogP contribution in [0.2, 0.25) is 0 Å². The number of aromatic nitrogens is 2. The molecular formula is C26H23N3. The van der Waals surface area contributed by atoms with Crippen LogP contribution in [0.4, 0.5) is 5.69 Å². The molecule has 0 aliphatic heterocycles. The molecule has 142 valence electrons. The summed E-state index contributed by atoms with van der Waals surface area (Å²) in [5.41, 5.74) is 11.1. The Morgan fingerprint density at radius 3 is 2.52 bits per heavy atom. The number of hydrogen-bond acceptors (Lipinski definition) is 3. The summed E-state index contributed by atoms with van der Waals surface area (Å²) < 4.78 is 0. The van der Waals surface area contributed by atoms with Crippen LogP contribution < -0.4 is 5.73 Å². The number of nitrogens with two attached hydrogens (primary N) is 1. The zero-order valence-corrected chi connectivity index (χ0v) is 16.3. The molecule has 0 saturated carbocycles. The fourth-order valence-corrected chi connectivity index (χ4v) is 4.31. The third kappa shape index (κ3) is 3.40. The van der Waals surface area contributed by atoms with Gasteiger partial charge in [0.2, 0.25) is 0 Å². The lowest BCUT2D eigenvalue weighted by atomic mass is 9.86. The highest BCUT2D eigenvalue weighted by Crippen LogP contribution is 2.33. The van der Waals surface area contributed by atoms with Crippen LogP contribution >= 0.6 is 0 Å². The zero-order valence-electron chi connectivity index (χ0n) is 16.3. The quantitative estimate of drug-likeness (QED) is 0.333. The maximum Gasteiger partial charge on any atom is 0.0907 e. The van der Waals surface area contributed by atoms with E-state index < -0.39 is 0 Å². The Hall–Kier alpha value is -3.46. The predicted molar refractivity (Wildman–Crippen MR) is 122 cm³/mol. The molecule has 1 aliphatic carbocycles. The van der Waals surface area contributed by atoms with Crippen molar-refractivity contribution in [1.29, 1.82) is 0 Å². The molecule has 0 spiro atoms. The van der Waals surface area contributed by atoms with Crippen molar-refractivity contribution >= 4 is 38.3 Å². The first kappa shape index (κ1) is 17.6. The number of nitrogens with zero attached hydrogens (tertiary/aromatic N) is 2. The molecule has 2 aromatic heterocycles. The monoisotopic (exact) mass is 377 g/mol. The first-order valence-electron chi connectivity index (χ1n) is 10.2. The fourth-order valence-electron chi connectivity index (χ4n) is 4.31. The van der Waals surface area contributed by atoms with Crippen LogP contribution in [-0.2, 0) is 12.8 Å². The number of hydrogen-bond donors (Lipinski definition) is 1. The third-order valence-electron chi connectivity index (χ3n) is 5.73. The molecule has 3 heteroatoms. The average Bonchev–Trinajstić information content (AvgIpc) is 2.79. The smallest absolute Gasteiger partial charge is 0.0907 e. The highest BCUT2D eigenvalue weighted by atomic mass is 14.8. The van der Waals surface area contributed by atoms with Gasteiger partial charge in [0.25, 0.3) is 0 Å². The van der Waals surface area contributed by atoms with Gasteiger partial charge in [-0.2, -0.15) is 0 Å². The zero-order chi connectivity index (χ0) is 19.6. The number of benzene rings is 3. The lowest BCUT2D eigenvalue weighted by molar-refractivity contribution is 0.690. The standard InChI is InChI=1S/C18H16.C8H7N3/c1-3-7-15-13(5-1)9-11-18-16-8-4-2-6-14(16)10-12-17(15)18;9-6-4-8-7(11-5-6)2-1-3-10-8/h1,3,5,7,9-12H,2,4,6,8H2;1-5H,9H2. The molecule has 0 atom stereocenters. The largest absolute Gasteiger partial charge is 0.397 e. The molecule has 1 aliphatic rings. The molecule has 2 heterocycles. The Balaban J connectivity index is 0.000000142. The summed E-state index contributed by atoms with van der Waals surface area (Å²) in [6.07, 6.45) is 8.57. The molecular weight excluding hydrogens is 354 g/mol. The van der Waals surface area contributed by atoms with Crippen molar-refractivity contribution in [2.45, 2.75) is 25.7 Å². The van der Waals surface area contributed by atoms with Crippen molar-refractivity contribution in [3.63, 3.8) is 0 Å². The van der Waals surface area contributed by atoms with Crippen molar-refractivity contribution in [2.75, 3.05) is 5.73 Å². The van der Waals surface area contributed by atoms with Gasteiger partial charge in [0, 0.05) is 6.20 Å². The van der Waals surface area contributed by atoms with Gasteiger partial charge in [-0.25, -0.2) is 0 Å². The predicted octanol–water partition coefficient (Wildman–Crippen LogP) is 6.08. The van der Waals surface area contributed by atoms with E-state index in [4.69, 9.17) is 5.73 Å². The van der Waals surface area contributed by atoms with Gasteiger partial charge in [0.05, 0.1) is 22.9 Å². The second kappa shape index (κ2) is 7.51.